The smallest absolute Gasteiger partial charge is 0.332 e. The molecular formula is C18H29O8P. The molecule has 0 unspecified atom stereocenters. The largest absolute Gasteiger partial charge is 0.390 e. The standard InChI is InChI=1S/C18H29O8P/c1-18(2)25-16(14(19)11-24-10-13-8-6-5-7-9-13)17(26-18)15(20)12-27(21,22-3)23-4/h5-9,14-17,19-20H,10-12H2,1-4H3/t14-,15-,16-,17+/m1/s1. The van der Waals surface area contributed by atoms with Crippen molar-refractivity contribution in [2.45, 2.75) is 50.7 Å². The Morgan fingerprint density at radius 2 is 1.63 bits per heavy atom. The molecule has 0 radical (unpaired) electrons. The Balaban J connectivity index is 1.98. The number of aliphatic hydroxyl groups is 2. The van der Waals surface area contributed by atoms with Crippen LogP contribution in [0.1, 0.15) is 19.4 Å². The van der Waals surface area contributed by atoms with Crippen LogP contribution in [0.2, 0.25) is 0 Å². The molecule has 4 atom stereocenters. The Morgan fingerprint density at radius 1 is 1.07 bits per heavy atom. The monoisotopic (exact) mass is 404 g/mol. The van der Waals surface area contributed by atoms with Crippen molar-refractivity contribution in [2.75, 3.05) is 27.0 Å². The molecule has 1 aromatic carbocycles. The van der Waals surface area contributed by atoms with Gasteiger partial charge >= 0.3 is 7.60 Å². The maximum absolute atomic E-state index is 12.3. The van der Waals surface area contributed by atoms with Crippen LogP contribution in [0.4, 0.5) is 0 Å². The molecule has 9 heteroatoms. The zero-order chi connectivity index (χ0) is 20.1. The number of benzene rings is 1. The summed E-state index contributed by atoms with van der Waals surface area (Å²) in [5.74, 6) is -1.01. The molecule has 0 amide bonds. The first-order chi connectivity index (χ1) is 12.7. The van der Waals surface area contributed by atoms with Gasteiger partial charge in [0, 0.05) is 14.2 Å². The molecule has 8 nitrogen and oxygen atoms in total. The zero-order valence-electron chi connectivity index (χ0n) is 16.1. The SMILES string of the molecule is COP(=O)(C[C@@H](O)[C@@H]1OC(C)(C)O[C@@H]1[C@H](O)COCc1ccccc1)OC. The molecule has 2 N–H and O–H groups in total. The lowest BCUT2D eigenvalue weighted by atomic mass is 10.0. The number of hydrogen-bond acceptors (Lipinski definition) is 8. The van der Waals surface area contributed by atoms with Gasteiger partial charge in [-0.15, -0.1) is 0 Å². The van der Waals surface area contributed by atoms with Crippen molar-refractivity contribution >= 4 is 7.60 Å². The van der Waals surface area contributed by atoms with Gasteiger partial charge in [0.05, 0.1) is 25.5 Å². The molecule has 0 spiro atoms. The van der Waals surface area contributed by atoms with Crippen LogP contribution in [0.5, 0.6) is 0 Å². The van der Waals surface area contributed by atoms with Gasteiger partial charge in [0.2, 0.25) is 0 Å². The van der Waals surface area contributed by atoms with E-state index in [1.165, 1.54) is 14.2 Å². The van der Waals surface area contributed by atoms with E-state index in [1.54, 1.807) is 13.8 Å². The van der Waals surface area contributed by atoms with Crippen LogP contribution in [0, 0.1) is 0 Å². The molecule has 1 aromatic rings. The number of hydrogen-bond donors (Lipinski definition) is 2. The van der Waals surface area contributed by atoms with Crippen LogP contribution < -0.4 is 0 Å². The fourth-order valence-electron chi connectivity index (χ4n) is 2.94. The van der Waals surface area contributed by atoms with E-state index < -0.39 is 37.8 Å². The van der Waals surface area contributed by atoms with Crippen molar-refractivity contribution in [3.05, 3.63) is 35.9 Å². The first kappa shape index (κ1) is 22.5. The van der Waals surface area contributed by atoms with Gasteiger partial charge in [-0.1, -0.05) is 30.3 Å². The lowest BCUT2D eigenvalue weighted by Gasteiger charge is -2.27. The third kappa shape index (κ3) is 6.34. The van der Waals surface area contributed by atoms with Gasteiger partial charge in [-0.05, 0) is 19.4 Å². The fourth-order valence-corrected chi connectivity index (χ4v) is 4.05. The molecule has 1 aliphatic rings. The molecule has 0 aliphatic carbocycles. The Morgan fingerprint density at radius 3 is 2.19 bits per heavy atom. The second-order valence-corrected chi connectivity index (χ2v) is 9.18. The average Bonchev–Trinajstić information content (AvgIpc) is 2.98. The molecule has 1 heterocycles. The summed E-state index contributed by atoms with van der Waals surface area (Å²) < 4.78 is 39.1. The van der Waals surface area contributed by atoms with Crippen LogP contribution in [0.3, 0.4) is 0 Å². The van der Waals surface area contributed by atoms with Crippen molar-refractivity contribution in [1.82, 2.24) is 0 Å². The van der Waals surface area contributed by atoms with Crippen molar-refractivity contribution in [1.29, 1.82) is 0 Å². The van der Waals surface area contributed by atoms with E-state index in [-0.39, 0.29) is 12.8 Å². The molecule has 1 saturated heterocycles. The van der Waals surface area contributed by atoms with Crippen molar-refractivity contribution in [3.8, 4) is 0 Å². The minimum atomic E-state index is -3.45. The Bertz CT molecular complexity index is 615. The highest BCUT2D eigenvalue weighted by Crippen LogP contribution is 2.48. The van der Waals surface area contributed by atoms with E-state index in [2.05, 4.69) is 0 Å². The summed E-state index contributed by atoms with van der Waals surface area (Å²) in [6.45, 7) is 3.69. The van der Waals surface area contributed by atoms with Gasteiger partial charge in [-0.2, -0.15) is 0 Å². The minimum Gasteiger partial charge on any atom is -0.390 e. The van der Waals surface area contributed by atoms with E-state index in [0.29, 0.717) is 6.61 Å². The molecular weight excluding hydrogens is 375 g/mol. The van der Waals surface area contributed by atoms with Crippen LogP contribution >= 0.6 is 7.60 Å². The maximum atomic E-state index is 12.3. The van der Waals surface area contributed by atoms with Gasteiger partial charge in [-0.25, -0.2) is 0 Å². The van der Waals surface area contributed by atoms with Crippen LogP contribution in [-0.2, 0) is 34.4 Å². The number of aliphatic hydroxyl groups excluding tert-OH is 2. The molecule has 0 bridgehead atoms. The van der Waals surface area contributed by atoms with Gasteiger partial charge in [0.1, 0.15) is 18.3 Å². The Hall–Kier alpha value is -0.830. The highest BCUT2D eigenvalue weighted by molar-refractivity contribution is 7.53. The number of ether oxygens (including phenoxy) is 3. The highest BCUT2D eigenvalue weighted by atomic mass is 31.2. The van der Waals surface area contributed by atoms with Crippen LogP contribution in [0.15, 0.2) is 30.3 Å². The topological polar surface area (TPSA) is 104 Å². The lowest BCUT2D eigenvalue weighted by Crippen LogP contribution is -2.45. The van der Waals surface area contributed by atoms with Gasteiger partial charge in [-0.3, -0.25) is 4.57 Å². The second kappa shape index (κ2) is 9.58. The summed E-state index contributed by atoms with van der Waals surface area (Å²) >= 11 is 0. The molecule has 27 heavy (non-hydrogen) atoms. The highest BCUT2D eigenvalue weighted by Gasteiger charge is 2.49. The summed E-state index contributed by atoms with van der Waals surface area (Å²) in [4.78, 5) is 0. The average molecular weight is 404 g/mol. The summed E-state index contributed by atoms with van der Waals surface area (Å²) in [7, 11) is -0.955. The van der Waals surface area contributed by atoms with Gasteiger partial charge < -0.3 is 33.5 Å². The third-order valence-corrected chi connectivity index (χ3v) is 6.22. The van der Waals surface area contributed by atoms with Gasteiger partial charge in [0.25, 0.3) is 0 Å². The summed E-state index contributed by atoms with van der Waals surface area (Å²) in [6.07, 6.45) is -4.30. The van der Waals surface area contributed by atoms with Crippen molar-refractivity contribution in [3.63, 3.8) is 0 Å². The zero-order valence-corrected chi connectivity index (χ0v) is 17.0. The quantitative estimate of drug-likeness (QED) is 0.570. The predicted octanol–water partition coefficient (Wildman–Crippen LogP) is 1.93. The molecule has 0 aromatic heterocycles. The lowest BCUT2D eigenvalue weighted by molar-refractivity contribution is -0.162. The van der Waals surface area contributed by atoms with E-state index in [1.807, 2.05) is 30.3 Å². The Labute approximate surface area is 159 Å². The second-order valence-electron chi connectivity index (χ2n) is 6.86. The first-order valence-electron chi connectivity index (χ1n) is 8.73. The van der Waals surface area contributed by atoms with Crippen LogP contribution in [-0.4, -0.2) is 67.4 Å². The molecule has 1 fully saturated rings. The Kier molecular flexibility index (Phi) is 7.97. The van der Waals surface area contributed by atoms with E-state index in [0.717, 1.165) is 5.56 Å². The summed E-state index contributed by atoms with van der Waals surface area (Å²) in [5.41, 5.74) is 0.978. The maximum Gasteiger partial charge on any atom is 0.332 e. The summed E-state index contributed by atoms with van der Waals surface area (Å²) in [5, 5.41) is 21.0. The number of rotatable bonds is 10. The summed E-state index contributed by atoms with van der Waals surface area (Å²) in [6, 6.07) is 9.56. The molecule has 154 valence electrons. The normalized spacial score (nSPS) is 24.7. The van der Waals surface area contributed by atoms with Gasteiger partial charge in [0.15, 0.2) is 5.79 Å². The molecule has 2 rings (SSSR count). The van der Waals surface area contributed by atoms with Crippen molar-refractivity contribution < 1.29 is 38.0 Å². The first-order valence-corrected chi connectivity index (χ1v) is 10.5. The third-order valence-electron chi connectivity index (χ3n) is 4.29. The van der Waals surface area contributed by atoms with Crippen LogP contribution in [0.25, 0.3) is 0 Å². The molecule has 1 aliphatic heterocycles. The van der Waals surface area contributed by atoms with E-state index in [4.69, 9.17) is 23.3 Å². The fraction of sp³-hybridized carbons (Fsp3) is 0.667. The van der Waals surface area contributed by atoms with E-state index >= 15 is 0 Å². The van der Waals surface area contributed by atoms with Crippen molar-refractivity contribution in [2.24, 2.45) is 0 Å². The van der Waals surface area contributed by atoms with E-state index in [9.17, 15) is 14.8 Å². The minimum absolute atomic E-state index is 0.00552. The predicted molar refractivity (Wildman–Crippen MR) is 98.4 cm³/mol. The molecule has 0 saturated carbocycles.